The molecule has 0 aromatic heterocycles. The number of hydrogen-bond acceptors (Lipinski definition) is 4. The van der Waals surface area contributed by atoms with Crippen molar-refractivity contribution in [2.75, 3.05) is 11.4 Å². The Balaban J connectivity index is 2.58. The molecule has 0 aliphatic heterocycles. The summed E-state index contributed by atoms with van der Waals surface area (Å²) in [6.45, 7) is 2.83. The number of aromatic carboxylic acids is 1. The number of unbranched alkanes of at least 4 members (excludes halogenated alkanes) is 2. The van der Waals surface area contributed by atoms with E-state index in [9.17, 15) is 20.0 Å². The molecule has 8 heteroatoms. The van der Waals surface area contributed by atoms with Crippen molar-refractivity contribution < 1.29 is 14.8 Å². The second-order valence-corrected chi connectivity index (χ2v) is 7.43. The second kappa shape index (κ2) is 9.71. The van der Waals surface area contributed by atoms with E-state index in [0.717, 1.165) is 24.8 Å². The third-order valence-electron chi connectivity index (χ3n) is 4.15. The summed E-state index contributed by atoms with van der Waals surface area (Å²) in [5.41, 5.74) is 0.529. The molecule has 144 valence electrons. The molecule has 2 rings (SSSR count). The molecule has 0 saturated carbocycles. The summed E-state index contributed by atoms with van der Waals surface area (Å²) >= 11 is 9.43. The quantitative estimate of drug-likeness (QED) is 0.289. The fraction of sp³-hybridized carbons (Fsp3) is 0.316. The van der Waals surface area contributed by atoms with E-state index in [0.29, 0.717) is 16.0 Å². The van der Waals surface area contributed by atoms with Gasteiger partial charge in [-0.05, 0) is 24.1 Å². The van der Waals surface area contributed by atoms with E-state index in [1.165, 1.54) is 12.1 Å². The number of carbonyl (C=O) groups is 1. The van der Waals surface area contributed by atoms with Crippen LogP contribution in [-0.2, 0) is 6.54 Å². The van der Waals surface area contributed by atoms with Gasteiger partial charge < -0.3 is 10.0 Å². The first-order valence-corrected chi connectivity index (χ1v) is 9.71. The second-order valence-electron chi connectivity index (χ2n) is 6.10. The van der Waals surface area contributed by atoms with Gasteiger partial charge in [-0.3, -0.25) is 10.1 Å². The minimum atomic E-state index is -1.21. The molecule has 2 aromatic rings. The number of nitro groups is 1. The number of halogens is 2. The third kappa shape index (κ3) is 5.43. The van der Waals surface area contributed by atoms with E-state index in [4.69, 9.17) is 11.6 Å². The molecule has 0 saturated heterocycles. The number of nitro benzene ring substituents is 1. The van der Waals surface area contributed by atoms with Crippen LogP contribution in [0, 0.1) is 10.1 Å². The summed E-state index contributed by atoms with van der Waals surface area (Å²) in [6.07, 6.45) is 2.70. The number of benzene rings is 2. The molecule has 0 atom stereocenters. The molecule has 0 heterocycles. The predicted molar refractivity (Wildman–Crippen MR) is 110 cm³/mol. The minimum Gasteiger partial charge on any atom is -0.478 e. The maximum absolute atomic E-state index is 11.8. The molecule has 6 nitrogen and oxygen atoms in total. The lowest BCUT2D eigenvalue weighted by Gasteiger charge is -2.26. The van der Waals surface area contributed by atoms with E-state index < -0.39 is 10.9 Å². The monoisotopic (exact) mass is 454 g/mol. The maximum atomic E-state index is 11.8. The number of nitrogens with zero attached hydrogens (tertiary/aromatic N) is 2. The summed E-state index contributed by atoms with van der Waals surface area (Å²) in [4.78, 5) is 24.6. The Hall–Kier alpha value is -2.12. The Morgan fingerprint density at radius 2 is 2.00 bits per heavy atom. The number of carboxylic acids is 1. The normalized spacial score (nSPS) is 10.6. The largest absolute Gasteiger partial charge is 0.478 e. The molecule has 0 bridgehead atoms. The van der Waals surface area contributed by atoms with Gasteiger partial charge in [0.25, 0.3) is 5.69 Å². The zero-order valence-electron chi connectivity index (χ0n) is 14.8. The van der Waals surface area contributed by atoms with Gasteiger partial charge in [-0.1, -0.05) is 65.5 Å². The molecule has 0 unspecified atom stereocenters. The number of anilines is 1. The zero-order valence-corrected chi connectivity index (χ0v) is 17.2. The van der Waals surface area contributed by atoms with Crippen molar-refractivity contribution in [2.45, 2.75) is 32.7 Å². The highest BCUT2D eigenvalue weighted by Crippen LogP contribution is 2.37. The molecule has 27 heavy (non-hydrogen) atoms. The van der Waals surface area contributed by atoms with Crippen molar-refractivity contribution in [3.05, 3.63) is 67.1 Å². The molecule has 0 amide bonds. The number of carboxylic acid groups (broad SMARTS) is 1. The highest BCUT2D eigenvalue weighted by Gasteiger charge is 2.28. The molecule has 0 spiro atoms. The smallest absolute Gasteiger partial charge is 0.338 e. The molecule has 0 aliphatic rings. The fourth-order valence-corrected chi connectivity index (χ4v) is 3.52. The average molecular weight is 456 g/mol. The Labute approximate surface area is 171 Å². The van der Waals surface area contributed by atoms with Gasteiger partial charge in [-0.15, -0.1) is 0 Å². The molecule has 2 aromatic carbocycles. The molecular weight excluding hydrogens is 436 g/mol. The minimum absolute atomic E-state index is 0.103. The summed E-state index contributed by atoms with van der Waals surface area (Å²) in [5, 5.41) is 21.8. The van der Waals surface area contributed by atoms with E-state index in [1.807, 2.05) is 12.1 Å². The van der Waals surface area contributed by atoms with Gasteiger partial charge in [-0.2, -0.15) is 0 Å². The first-order valence-electron chi connectivity index (χ1n) is 8.54. The van der Waals surface area contributed by atoms with Gasteiger partial charge in [0.1, 0.15) is 5.69 Å². The number of rotatable bonds is 9. The summed E-state index contributed by atoms with van der Waals surface area (Å²) < 4.78 is 0.349. The SMILES string of the molecule is CCCCCN(Cc1ccccc1Cl)c1c(C(=O)O)cc(Br)cc1[N+](=O)[O-]. The Kier molecular flexibility index (Phi) is 7.62. The van der Waals surface area contributed by atoms with E-state index >= 15 is 0 Å². The summed E-state index contributed by atoms with van der Waals surface area (Å²) in [6, 6.07) is 9.94. The van der Waals surface area contributed by atoms with Gasteiger partial charge in [-0.25, -0.2) is 4.79 Å². The maximum Gasteiger partial charge on any atom is 0.338 e. The van der Waals surface area contributed by atoms with Crippen LogP contribution in [-0.4, -0.2) is 22.5 Å². The van der Waals surface area contributed by atoms with Gasteiger partial charge >= 0.3 is 5.97 Å². The van der Waals surface area contributed by atoms with Crippen molar-refractivity contribution in [2.24, 2.45) is 0 Å². The third-order valence-corrected chi connectivity index (χ3v) is 4.98. The zero-order chi connectivity index (χ0) is 20.0. The highest BCUT2D eigenvalue weighted by atomic mass is 79.9. The van der Waals surface area contributed by atoms with Gasteiger partial charge in [0.2, 0.25) is 0 Å². The topological polar surface area (TPSA) is 83.7 Å². The van der Waals surface area contributed by atoms with E-state index in [2.05, 4.69) is 22.9 Å². The summed E-state index contributed by atoms with van der Waals surface area (Å²) in [7, 11) is 0. The lowest BCUT2D eigenvalue weighted by Crippen LogP contribution is -2.27. The van der Waals surface area contributed by atoms with Crippen LogP contribution in [0.15, 0.2) is 40.9 Å². The first-order chi connectivity index (χ1) is 12.8. The molecule has 0 radical (unpaired) electrons. The Bertz CT molecular complexity index is 809. The lowest BCUT2D eigenvalue weighted by molar-refractivity contribution is -0.384. The van der Waals surface area contributed by atoms with Crippen LogP contribution in [0.4, 0.5) is 11.4 Å². The van der Waals surface area contributed by atoms with Crippen molar-refractivity contribution in [3.63, 3.8) is 0 Å². The van der Waals surface area contributed by atoms with Gasteiger partial charge in [0.05, 0.1) is 10.5 Å². The van der Waals surface area contributed by atoms with Crippen LogP contribution < -0.4 is 4.90 Å². The van der Waals surface area contributed by atoms with Gasteiger partial charge in [0, 0.05) is 28.7 Å². The van der Waals surface area contributed by atoms with Crippen LogP contribution >= 0.6 is 27.5 Å². The molecular formula is C19H20BrClN2O4. The van der Waals surface area contributed by atoms with Crippen LogP contribution in [0.5, 0.6) is 0 Å². The van der Waals surface area contributed by atoms with Crippen LogP contribution in [0.25, 0.3) is 0 Å². The van der Waals surface area contributed by atoms with Crippen molar-refractivity contribution >= 4 is 44.9 Å². The molecule has 1 N–H and O–H groups in total. The van der Waals surface area contributed by atoms with Crippen LogP contribution in [0.3, 0.4) is 0 Å². The Morgan fingerprint density at radius 1 is 1.30 bits per heavy atom. The van der Waals surface area contributed by atoms with Crippen molar-refractivity contribution in [3.8, 4) is 0 Å². The van der Waals surface area contributed by atoms with Crippen LogP contribution in [0.1, 0.15) is 42.1 Å². The molecule has 0 aliphatic carbocycles. The van der Waals surface area contributed by atoms with Crippen molar-refractivity contribution in [1.29, 1.82) is 0 Å². The fourth-order valence-electron chi connectivity index (χ4n) is 2.87. The highest BCUT2D eigenvalue weighted by molar-refractivity contribution is 9.10. The van der Waals surface area contributed by atoms with Gasteiger partial charge in [0.15, 0.2) is 0 Å². The predicted octanol–water partition coefficient (Wildman–Crippen LogP) is 5.91. The summed E-state index contributed by atoms with van der Waals surface area (Å²) in [5.74, 6) is -1.21. The lowest BCUT2D eigenvalue weighted by atomic mass is 10.1. The Morgan fingerprint density at radius 3 is 2.59 bits per heavy atom. The van der Waals surface area contributed by atoms with Crippen molar-refractivity contribution in [1.82, 2.24) is 0 Å². The molecule has 0 fully saturated rings. The van der Waals surface area contributed by atoms with E-state index in [-0.39, 0.29) is 23.5 Å². The first kappa shape index (κ1) is 21.2. The van der Waals surface area contributed by atoms with Crippen LogP contribution in [0.2, 0.25) is 5.02 Å². The van der Waals surface area contributed by atoms with E-state index in [1.54, 1.807) is 17.0 Å². The average Bonchev–Trinajstić information content (AvgIpc) is 2.62. The number of hydrogen-bond donors (Lipinski definition) is 1. The standard InChI is InChI=1S/C19H20BrClN2O4/c1-2-3-6-9-22(12-13-7-4-5-8-16(13)21)18-15(19(24)25)10-14(20)11-17(18)23(26)27/h4-5,7-8,10-11H,2-3,6,9,12H2,1H3,(H,24,25).